The van der Waals surface area contributed by atoms with Crippen LogP contribution in [0.5, 0.6) is 0 Å². The molecule has 2 heteroatoms. The normalized spacial score (nSPS) is 11.1. The number of hydrogen-bond acceptors (Lipinski definition) is 0. The third-order valence-corrected chi connectivity index (χ3v) is 4.76. The highest BCUT2D eigenvalue weighted by Crippen LogP contribution is 2.29. The SMILES string of the molecule is Cc1ccccc1-c1n(-c2ccccc2C)c2ccccc2[n+]1C. The second kappa shape index (κ2) is 5.64. The molecule has 118 valence electrons. The minimum Gasteiger partial charge on any atom is -0.225 e. The molecule has 0 unspecified atom stereocenters. The predicted molar refractivity (Wildman–Crippen MR) is 99.4 cm³/mol. The van der Waals surface area contributed by atoms with E-state index in [0.717, 1.165) is 0 Å². The van der Waals surface area contributed by atoms with Crippen molar-refractivity contribution in [3.8, 4) is 17.1 Å². The molecule has 2 nitrogen and oxygen atoms in total. The first-order chi connectivity index (χ1) is 11.7. The Morgan fingerprint density at radius 3 is 2.08 bits per heavy atom. The number of imidazole rings is 1. The second-order valence-electron chi connectivity index (χ2n) is 6.31. The molecule has 1 heterocycles. The molecule has 0 atom stereocenters. The van der Waals surface area contributed by atoms with Gasteiger partial charge in [0.25, 0.3) is 5.82 Å². The first-order valence-corrected chi connectivity index (χ1v) is 8.30. The van der Waals surface area contributed by atoms with Gasteiger partial charge in [-0.3, -0.25) is 0 Å². The van der Waals surface area contributed by atoms with Crippen LogP contribution in [0, 0.1) is 13.8 Å². The van der Waals surface area contributed by atoms with E-state index in [9.17, 15) is 0 Å². The Labute approximate surface area is 142 Å². The molecule has 24 heavy (non-hydrogen) atoms. The van der Waals surface area contributed by atoms with Crippen molar-refractivity contribution in [1.82, 2.24) is 4.57 Å². The topological polar surface area (TPSA) is 8.81 Å². The van der Waals surface area contributed by atoms with Gasteiger partial charge in [-0.15, -0.1) is 0 Å². The van der Waals surface area contributed by atoms with E-state index in [1.807, 2.05) is 0 Å². The molecule has 0 saturated carbocycles. The molecule has 4 aromatic rings. The lowest BCUT2D eigenvalue weighted by molar-refractivity contribution is -0.633. The zero-order chi connectivity index (χ0) is 16.7. The number of aromatic nitrogens is 2. The molecule has 0 spiro atoms. The monoisotopic (exact) mass is 313 g/mol. The molecule has 0 N–H and O–H groups in total. The molecular weight excluding hydrogens is 292 g/mol. The smallest absolute Gasteiger partial charge is 0.225 e. The fraction of sp³-hybridized carbons (Fsp3) is 0.136. The van der Waals surface area contributed by atoms with E-state index in [0.29, 0.717) is 0 Å². The third-order valence-electron chi connectivity index (χ3n) is 4.76. The van der Waals surface area contributed by atoms with Crippen LogP contribution in [0.4, 0.5) is 0 Å². The third kappa shape index (κ3) is 2.15. The number of benzene rings is 3. The molecule has 0 bridgehead atoms. The molecule has 0 radical (unpaired) electrons. The molecule has 1 aromatic heterocycles. The molecule has 0 amide bonds. The van der Waals surface area contributed by atoms with Gasteiger partial charge in [-0.25, -0.2) is 4.57 Å². The van der Waals surface area contributed by atoms with Crippen LogP contribution in [0.2, 0.25) is 0 Å². The lowest BCUT2D eigenvalue weighted by Crippen LogP contribution is -2.30. The van der Waals surface area contributed by atoms with Crippen LogP contribution in [0.3, 0.4) is 0 Å². The molecular formula is C22H21N2+. The first-order valence-electron chi connectivity index (χ1n) is 8.30. The minimum atomic E-state index is 1.21. The number of aryl methyl sites for hydroxylation is 3. The zero-order valence-corrected chi connectivity index (χ0v) is 14.3. The summed E-state index contributed by atoms with van der Waals surface area (Å²) in [5.41, 5.74) is 7.51. The highest BCUT2D eigenvalue weighted by molar-refractivity contribution is 5.80. The van der Waals surface area contributed by atoms with Crippen molar-refractivity contribution in [3.63, 3.8) is 0 Å². The van der Waals surface area contributed by atoms with Crippen LogP contribution < -0.4 is 4.57 Å². The standard InChI is InChI=1S/C22H21N2/c1-16-10-4-6-12-18(16)22-23(3)20-14-8-9-15-21(20)24(22)19-13-7-5-11-17(19)2/h4-15H,1-3H3/q+1. The van der Waals surface area contributed by atoms with Crippen molar-refractivity contribution < 1.29 is 4.57 Å². The van der Waals surface area contributed by atoms with Crippen LogP contribution in [-0.4, -0.2) is 4.57 Å². The summed E-state index contributed by atoms with van der Waals surface area (Å²) < 4.78 is 4.68. The summed E-state index contributed by atoms with van der Waals surface area (Å²) in [5.74, 6) is 1.21. The Bertz CT molecular complexity index is 1040. The quantitative estimate of drug-likeness (QED) is 0.473. The van der Waals surface area contributed by atoms with Gasteiger partial charge in [0.1, 0.15) is 5.69 Å². The van der Waals surface area contributed by atoms with Gasteiger partial charge in [-0.2, -0.15) is 4.57 Å². The second-order valence-corrected chi connectivity index (χ2v) is 6.31. The van der Waals surface area contributed by atoms with Crippen molar-refractivity contribution in [1.29, 1.82) is 0 Å². The summed E-state index contributed by atoms with van der Waals surface area (Å²) in [7, 11) is 2.15. The predicted octanol–water partition coefficient (Wildman–Crippen LogP) is 4.74. The number of nitrogens with zero attached hydrogens (tertiary/aromatic N) is 2. The van der Waals surface area contributed by atoms with E-state index < -0.39 is 0 Å². The van der Waals surface area contributed by atoms with E-state index in [2.05, 4.69) is 103 Å². The molecule has 0 aliphatic carbocycles. The summed E-state index contributed by atoms with van der Waals surface area (Å²) in [6, 6.07) is 25.8. The van der Waals surface area contributed by atoms with Gasteiger partial charge in [-0.05, 0) is 49.2 Å². The highest BCUT2D eigenvalue weighted by atomic mass is 15.2. The molecule has 4 rings (SSSR count). The number of para-hydroxylation sites is 3. The maximum absolute atomic E-state index is 2.38. The van der Waals surface area contributed by atoms with Crippen molar-refractivity contribution >= 4 is 11.0 Å². The average Bonchev–Trinajstić information content (AvgIpc) is 2.89. The van der Waals surface area contributed by atoms with E-state index in [-0.39, 0.29) is 0 Å². The van der Waals surface area contributed by atoms with Crippen molar-refractivity contribution in [2.24, 2.45) is 7.05 Å². The summed E-state index contributed by atoms with van der Waals surface area (Å²) in [6.07, 6.45) is 0. The fourth-order valence-electron chi connectivity index (χ4n) is 3.50. The highest BCUT2D eigenvalue weighted by Gasteiger charge is 2.27. The lowest BCUT2D eigenvalue weighted by Gasteiger charge is -2.08. The van der Waals surface area contributed by atoms with Gasteiger partial charge in [0.05, 0.1) is 12.6 Å². The Kier molecular flexibility index (Phi) is 3.46. The van der Waals surface area contributed by atoms with E-state index in [4.69, 9.17) is 0 Å². The van der Waals surface area contributed by atoms with Crippen LogP contribution in [0.1, 0.15) is 11.1 Å². The molecule has 3 aromatic carbocycles. The summed E-state index contributed by atoms with van der Waals surface area (Å²) in [4.78, 5) is 0. The van der Waals surface area contributed by atoms with E-state index in [1.54, 1.807) is 0 Å². The van der Waals surface area contributed by atoms with Gasteiger partial charge in [0.2, 0.25) is 0 Å². The Morgan fingerprint density at radius 2 is 1.33 bits per heavy atom. The van der Waals surface area contributed by atoms with E-state index >= 15 is 0 Å². The van der Waals surface area contributed by atoms with Gasteiger partial charge in [-0.1, -0.05) is 48.5 Å². The van der Waals surface area contributed by atoms with Crippen molar-refractivity contribution in [2.75, 3.05) is 0 Å². The molecule has 0 aliphatic heterocycles. The van der Waals surface area contributed by atoms with Gasteiger partial charge in [0.15, 0.2) is 11.0 Å². The first kappa shape index (κ1) is 14.7. The van der Waals surface area contributed by atoms with Crippen molar-refractivity contribution in [3.05, 3.63) is 83.9 Å². The lowest BCUT2D eigenvalue weighted by atomic mass is 10.1. The Morgan fingerprint density at radius 1 is 0.708 bits per heavy atom. The Hall–Kier alpha value is -2.87. The van der Waals surface area contributed by atoms with Gasteiger partial charge < -0.3 is 0 Å². The number of rotatable bonds is 2. The minimum absolute atomic E-state index is 1.21. The van der Waals surface area contributed by atoms with Crippen molar-refractivity contribution in [2.45, 2.75) is 13.8 Å². The largest absolute Gasteiger partial charge is 0.295 e. The summed E-state index contributed by atoms with van der Waals surface area (Å²) >= 11 is 0. The van der Waals surface area contributed by atoms with Gasteiger partial charge in [0, 0.05) is 0 Å². The van der Waals surface area contributed by atoms with Crippen LogP contribution >= 0.6 is 0 Å². The number of hydrogen-bond donors (Lipinski definition) is 0. The van der Waals surface area contributed by atoms with Crippen LogP contribution in [-0.2, 0) is 7.05 Å². The van der Waals surface area contributed by atoms with Crippen LogP contribution in [0.15, 0.2) is 72.8 Å². The summed E-state index contributed by atoms with van der Waals surface area (Å²) in [6.45, 7) is 4.35. The maximum Gasteiger partial charge on any atom is 0.295 e. The van der Waals surface area contributed by atoms with Gasteiger partial charge >= 0.3 is 0 Å². The van der Waals surface area contributed by atoms with Crippen LogP contribution in [0.25, 0.3) is 28.1 Å². The molecule has 0 aliphatic rings. The maximum atomic E-state index is 2.38. The molecule has 0 saturated heterocycles. The average molecular weight is 313 g/mol. The zero-order valence-electron chi connectivity index (χ0n) is 14.3. The Balaban J connectivity index is 2.18. The number of fused-ring (bicyclic) bond motifs is 1. The fourth-order valence-corrected chi connectivity index (χ4v) is 3.50. The summed E-state index contributed by atoms with van der Waals surface area (Å²) in [5, 5.41) is 0. The molecule has 0 fully saturated rings. The van der Waals surface area contributed by atoms with E-state index in [1.165, 1.54) is 39.2 Å².